The van der Waals surface area contributed by atoms with Crippen LogP contribution in [0.3, 0.4) is 0 Å². The number of aliphatic hydroxyl groups excluding tert-OH is 2. The molecule has 8 unspecified atom stereocenters. The Morgan fingerprint density at radius 1 is 0.810 bits per heavy atom. The van der Waals surface area contributed by atoms with Gasteiger partial charge >= 0.3 is 11.9 Å². The highest BCUT2D eigenvalue weighted by Gasteiger charge is 2.43. The van der Waals surface area contributed by atoms with E-state index in [1.165, 1.54) is 5.57 Å². The molecule has 0 fully saturated rings. The molecule has 0 saturated heterocycles. The third kappa shape index (κ3) is 23.3. The van der Waals surface area contributed by atoms with Crippen LogP contribution in [0.15, 0.2) is 96.7 Å². The summed E-state index contributed by atoms with van der Waals surface area (Å²) in [6, 6.07) is -1.12. The second-order valence-electron chi connectivity index (χ2n) is 18.1. The second kappa shape index (κ2) is 31.5. The van der Waals surface area contributed by atoms with E-state index in [1.54, 1.807) is 0 Å². The SMILES string of the molecule is CCC=CCC=CCC=CCC=CCC=CCC=CCCC(=O)NCCCCC(NC(=O)CC(O)CC(O)CCC1C(C)C=CC2=CC(C)CC(OC(=O)C(C)(C)CC)C21)C(=O)O. The number of hydrogen-bond acceptors (Lipinski definition) is 7. The number of nitrogens with one attached hydrogen (secondary N) is 2. The molecule has 10 nitrogen and oxygen atoms in total. The van der Waals surface area contributed by atoms with Crippen molar-refractivity contribution in [2.75, 3.05) is 6.54 Å². The molecule has 2 aliphatic carbocycles. The number of aliphatic carboxylic acids is 1. The van der Waals surface area contributed by atoms with Crippen molar-refractivity contribution in [3.05, 3.63) is 96.7 Å². The molecule has 352 valence electrons. The van der Waals surface area contributed by atoms with Crippen LogP contribution in [-0.2, 0) is 23.9 Å². The Bertz CT molecular complexity index is 1620. The molecule has 0 saturated carbocycles. The van der Waals surface area contributed by atoms with Crippen LogP contribution in [0.4, 0.5) is 0 Å². The van der Waals surface area contributed by atoms with Crippen molar-refractivity contribution in [3.63, 3.8) is 0 Å². The predicted molar refractivity (Wildman–Crippen MR) is 255 cm³/mol. The van der Waals surface area contributed by atoms with Gasteiger partial charge in [0, 0.05) is 18.9 Å². The van der Waals surface area contributed by atoms with Gasteiger partial charge < -0.3 is 30.7 Å². The van der Waals surface area contributed by atoms with E-state index in [0.29, 0.717) is 51.5 Å². The summed E-state index contributed by atoms with van der Waals surface area (Å²) in [5.41, 5.74) is 0.594. The van der Waals surface area contributed by atoms with Crippen molar-refractivity contribution in [2.45, 2.75) is 175 Å². The van der Waals surface area contributed by atoms with Gasteiger partial charge in [-0.2, -0.15) is 0 Å². The lowest BCUT2D eigenvalue weighted by Gasteiger charge is -2.44. The number of allylic oxidation sites excluding steroid dienone is 15. The number of fused-ring (bicyclic) bond motifs is 1. The zero-order valence-corrected chi connectivity index (χ0v) is 39.4. The molecule has 2 aliphatic rings. The maximum Gasteiger partial charge on any atom is 0.326 e. The highest BCUT2D eigenvalue weighted by molar-refractivity contribution is 5.83. The number of carbonyl (C=O) groups excluding carboxylic acids is 3. The number of ether oxygens (including phenoxy) is 1. The number of esters is 1. The molecule has 0 spiro atoms. The molecule has 0 aromatic carbocycles. The van der Waals surface area contributed by atoms with Gasteiger partial charge in [0.25, 0.3) is 0 Å². The van der Waals surface area contributed by atoms with Crippen LogP contribution in [0.2, 0.25) is 0 Å². The first kappa shape index (κ1) is 54.9. The molecule has 0 aromatic rings. The van der Waals surface area contributed by atoms with Gasteiger partial charge in [-0.25, -0.2) is 4.79 Å². The van der Waals surface area contributed by atoms with Gasteiger partial charge in [-0.15, -0.1) is 0 Å². The number of hydrogen-bond donors (Lipinski definition) is 5. The average molecular weight is 875 g/mol. The molecule has 5 N–H and O–H groups in total. The highest BCUT2D eigenvalue weighted by atomic mass is 16.5. The highest BCUT2D eigenvalue weighted by Crippen LogP contribution is 2.45. The van der Waals surface area contributed by atoms with Crippen LogP contribution >= 0.6 is 0 Å². The van der Waals surface area contributed by atoms with E-state index in [-0.39, 0.29) is 60.9 Å². The molecule has 0 radical (unpaired) electrons. The maximum absolute atomic E-state index is 13.1. The van der Waals surface area contributed by atoms with Crippen molar-refractivity contribution in [1.82, 2.24) is 10.6 Å². The van der Waals surface area contributed by atoms with Crippen molar-refractivity contribution in [1.29, 1.82) is 0 Å². The van der Waals surface area contributed by atoms with Gasteiger partial charge in [-0.3, -0.25) is 14.4 Å². The van der Waals surface area contributed by atoms with Gasteiger partial charge in [0.05, 0.1) is 24.0 Å². The fourth-order valence-electron chi connectivity index (χ4n) is 7.93. The van der Waals surface area contributed by atoms with Crippen LogP contribution in [0.5, 0.6) is 0 Å². The zero-order valence-electron chi connectivity index (χ0n) is 39.4. The number of aliphatic hydroxyl groups is 2. The number of carboxylic acid groups (broad SMARTS) is 1. The fraction of sp³-hybridized carbons (Fsp3) is 0.623. The van der Waals surface area contributed by atoms with E-state index >= 15 is 0 Å². The van der Waals surface area contributed by atoms with Gasteiger partial charge in [0.15, 0.2) is 0 Å². The van der Waals surface area contributed by atoms with Crippen molar-refractivity contribution >= 4 is 23.8 Å². The van der Waals surface area contributed by atoms with Gasteiger partial charge in [0.2, 0.25) is 11.8 Å². The summed E-state index contributed by atoms with van der Waals surface area (Å²) in [6.07, 6.45) is 40.1. The van der Waals surface area contributed by atoms with Crippen LogP contribution < -0.4 is 10.6 Å². The van der Waals surface area contributed by atoms with Gasteiger partial charge in [-0.1, -0.05) is 119 Å². The van der Waals surface area contributed by atoms with E-state index in [4.69, 9.17) is 4.74 Å². The molecule has 2 amide bonds. The molecule has 10 heteroatoms. The Morgan fingerprint density at radius 2 is 1.40 bits per heavy atom. The first-order chi connectivity index (χ1) is 30.2. The van der Waals surface area contributed by atoms with E-state index in [1.807, 2.05) is 26.8 Å². The monoisotopic (exact) mass is 875 g/mol. The lowest BCUT2D eigenvalue weighted by molar-refractivity contribution is -0.164. The third-order valence-electron chi connectivity index (χ3n) is 12.1. The Labute approximate surface area is 379 Å². The molecule has 0 aromatic heterocycles. The van der Waals surface area contributed by atoms with Crippen LogP contribution in [0.1, 0.15) is 151 Å². The van der Waals surface area contributed by atoms with Gasteiger partial charge in [-0.05, 0) is 133 Å². The van der Waals surface area contributed by atoms with Crippen LogP contribution in [-0.4, -0.2) is 70.0 Å². The molecular weight excluding hydrogens is 793 g/mol. The molecule has 63 heavy (non-hydrogen) atoms. The van der Waals surface area contributed by atoms with Crippen molar-refractivity contribution in [2.24, 2.45) is 29.1 Å². The van der Waals surface area contributed by atoms with Crippen LogP contribution in [0, 0.1) is 29.1 Å². The molecule has 2 rings (SSSR count). The number of carboxylic acids is 1. The summed E-state index contributed by atoms with van der Waals surface area (Å²) < 4.78 is 6.20. The largest absolute Gasteiger partial charge is 0.480 e. The van der Waals surface area contributed by atoms with Gasteiger partial charge in [0.1, 0.15) is 12.1 Å². The topological polar surface area (TPSA) is 162 Å². The minimum Gasteiger partial charge on any atom is -0.480 e. The Kier molecular flexibility index (Phi) is 27.5. The summed E-state index contributed by atoms with van der Waals surface area (Å²) in [6.45, 7) is 12.6. The first-order valence-corrected chi connectivity index (χ1v) is 23.8. The normalized spacial score (nSPS) is 22.0. The quantitative estimate of drug-likeness (QED) is 0.0261. The van der Waals surface area contributed by atoms with Crippen molar-refractivity contribution < 1.29 is 39.2 Å². The minimum absolute atomic E-state index is 0.0175. The summed E-state index contributed by atoms with van der Waals surface area (Å²) in [5.74, 6) is -1.40. The standard InChI is InChI=1S/C53H82N2O8/c1-7-9-10-11-12-13-14-15-16-17-18-19-20-21-22-23-24-25-26-30-48(58)54-35-28-27-29-46(51(60)61)55-49(59)39-44(57)38-43(56)33-34-45-41(4)31-32-42-36-40(3)37-47(50(42)45)63-52(62)53(5,6)8-2/h9-10,12-13,15-16,18-19,21-22,24-25,31-32,36,40-41,43-47,50,56-57H,7-8,11,14,17,20,23,26-30,33-35,37-39H2,1-6H3,(H,54,58)(H,55,59)(H,60,61). The lowest BCUT2D eigenvalue weighted by atomic mass is 9.65. The lowest BCUT2D eigenvalue weighted by Crippen LogP contribution is -2.43. The van der Waals surface area contributed by atoms with Crippen LogP contribution in [0.25, 0.3) is 0 Å². The number of rotatable bonds is 31. The average Bonchev–Trinajstić information content (AvgIpc) is 3.23. The number of unbranched alkanes of at least 4 members (excludes halogenated alkanes) is 1. The molecule has 0 bridgehead atoms. The fourth-order valence-corrected chi connectivity index (χ4v) is 7.93. The summed E-state index contributed by atoms with van der Waals surface area (Å²) in [4.78, 5) is 50.0. The number of carbonyl (C=O) groups is 4. The molecule has 0 heterocycles. The molecular formula is C53H82N2O8. The van der Waals surface area contributed by atoms with Crippen molar-refractivity contribution in [3.8, 4) is 0 Å². The number of amides is 2. The van der Waals surface area contributed by atoms with E-state index < -0.39 is 35.5 Å². The third-order valence-corrected chi connectivity index (χ3v) is 12.1. The first-order valence-electron chi connectivity index (χ1n) is 23.8. The summed E-state index contributed by atoms with van der Waals surface area (Å²) >= 11 is 0. The second-order valence-corrected chi connectivity index (χ2v) is 18.1. The summed E-state index contributed by atoms with van der Waals surface area (Å²) in [7, 11) is 0. The Morgan fingerprint density at radius 3 is 1.97 bits per heavy atom. The zero-order chi connectivity index (χ0) is 46.5. The molecule has 8 atom stereocenters. The summed E-state index contributed by atoms with van der Waals surface area (Å²) in [5, 5.41) is 36.7. The van der Waals surface area contributed by atoms with E-state index in [9.17, 15) is 34.5 Å². The minimum atomic E-state index is -1.17. The van der Waals surface area contributed by atoms with E-state index in [0.717, 1.165) is 44.9 Å². The Balaban J connectivity index is 1.63. The maximum atomic E-state index is 13.1. The smallest absolute Gasteiger partial charge is 0.326 e. The Hall–Kier alpha value is -4.28. The van der Waals surface area contributed by atoms with E-state index in [2.05, 4.69) is 116 Å². The predicted octanol–water partition coefficient (Wildman–Crippen LogP) is 10.4. The molecule has 0 aliphatic heterocycles.